The minimum atomic E-state index is -0.706. The molecule has 1 saturated heterocycles. The number of nitrogens with two attached hydrogens (primary N) is 1. The number of aromatic hydroxyl groups is 1. The molecule has 2 aromatic rings. The quantitative estimate of drug-likeness (QED) is 0.110. The van der Waals surface area contributed by atoms with E-state index in [1.807, 2.05) is 57.2 Å². The number of fused-ring (bicyclic) bond motifs is 4. The van der Waals surface area contributed by atoms with Crippen LogP contribution < -0.4 is 21.7 Å². The van der Waals surface area contributed by atoms with E-state index in [-0.39, 0.29) is 41.5 Å². The Morgan fingerprint density at radius 2 is 1.88 bits per heavy atom. The third-order valence-corrected chi connectivity index (χ3v) is 11.4. The van der Waals surface area contributed by atoms with Crippen molar-refractivity contribution >= 4 is 23.6 Å². The number of phenolic OH excluding ortho intramolecular Hbond substituents is 1. The highest BCUT2D eigenvalue weighted by atomic mass is 16.3. The average Bonchev–Trinajstić information content (AvgIpc) is 3.81. The molecular formula is C39H56N6O4. The van der Waals surface area contributed by atoms with E-state index >= 15 is 0 Å². The highest BCUT2D eigenvalue weighted by molar-refractivity contribution is 5.95. The van der Waals surface area contributed by atoms with Gasteiger partial charge in [-0.15, -0.1) is 0 Å². The van der Waals surface area contributed by atoms with Gasteiger partial charge >= 0.3 is 0 Å². The topological polar surface area (TPSA) is 149 Å². The number of hydrogen-bond donors (Lipinski definition) is 5. The Morgan fingerprint density at radius 1 is 1.12 bits per heavy atom. The van der Waals surface area contributed by atoms with Crippen LogP contribution in [0, 0.1) is 17.8 Å². The van der Waals surface area contributed by atoms with E-state index < -0.39 is 11.5 Å². The summed E-state index contributed by atoms with van der Waals surface area (Å²) in [6, 6.07) is 15.4. The van der Waals surface area contributed by atoms with Crippen molar-refractivity contribution < 1.29 is 19.5 Å². The summed E-state index contributed by atoms with van der Waals surface area (Å²) in [6.07, 6.45) is 4.47. The average molecular weight is 673 g/mol. The number of rotatable bonds is 15. The molecule has 10 nitrogen and oxygen atoms in total. The maximum absolute atomic E-state index is 14.0. The molecule has 1 heterocycles. The van der Waals surface area contributed by atoms with Crippen molar-refractivity contribution in [2.45, 2.75) is 96.1 Å². The Labute approximate surface area is 291 Å². The third-order valence-electron chi connectivity index (χ3n) is 11.4. The molecule has 6 atom stereocenters. The largest absolute Gasteiger partial charge is 0.508 e. The molecule has 5 rings (SSSR count). The Hall–Kier alpha value is -3.92. The molecule has 0 aromatic heterocycles. The SMILES string of the molecule is CCC(N)=NCCCNC(=O)[C@@H](CC(C)C)NC(=O)CNC(=O)[C@@]1(c2ccccc2)C[C@H]1CN1CC[C@@]2(C)c3cc(O)ccc3C[C@@H]1[C@@H]2C. The molecular weight excluding hydrogens is 616 g/mol. The fourth-order valence-electron chi connectivity index (χ4n) is 8.27. The van der Waals surface area contributed by atoms with Crippen LogP contribution in [0.15, 0.2) is 53.5 Å². The summed E-state index contributed by atoms with van der Waals surface area (Å²) in [5.74, 6) is 0.866. The molecule has 6 N–H and O–H groups in total. The highest BCUT2D eigenvalue weighted by Gasteiger charge is 2.62. The predicted molar refractivity (Wildman–Crippen MR) is 193 cm³/mol. The Balaban J connectivity index is 1.21. The van der Waals surface area contributed by atoms with E-state index in [0.29, 0.717) is 55.9 Å². The van der Waals surface area contributed by atoms with Crippen molar-refractivity contribution in [1.82, 2.24) is 20.9 Å². The van der Waals surface area contributed by atoms with Gasteiger partial charge in [-0.25, -0.2) is 0 Å². The van der Waals surface area contributed by atoms with Gasteiger partial charge in [-0.1, -0.05) is 71.0 Å². The molecule has 0 spiro atoms. The van der Waals surface area contributed by atoms with Gasteiger partial charge in [-0.05, 0) is 90.6 Å². The summed E-state index contributed by atoms with van der Waals surface area (Å²) in [6.45, 7) is 13.1. The number of nitrogens with one attached hydrogen (secondary N) is 3. The van der Waals surface area contributed by atoms with Gasteiger partial charge in [0, 0.05) is 32.1 Å². The van der Waals surface area contributed by atoms with Crippen molar-refractivity contribution in [3.63, 3.8) is 0 Å². The first-order valence-electron chi connectivity index (χ1n) is 18.1. The normalized spacial score (nSPS) is 26.8. The first-order chi connectivity index (χ1) is 23.4. The van der Waals surface area contributed by atoms with Crippen LogP contribution in [-0.4, -0.2) is 78.4 Å². The third kappa shape index (κ3) is 7.95. The zero-order chi connectivity index (χ0) is 35.3. The van der Waals surface area contributed by atoms with E-state index in [0.717, 1.165) is 37.9 Å². The first-order valence-corrected chi connectivity index (χ1v) is 18.1. The van der Waals surface area contributed by atoms with Crippen LogP contribution in [0.25, 0.3) is 0 Å². The summed E-state index contributed by atoms with van der Waals surface area (Å²) in [5, 5.41) is 19.0. The summed E-state index contributed by atoms with van der Waals surface area (Å²) in [7, 11) is 0. The van der Waals surface area contributed by atoms with Gasteiger partial charge in [0.25, 0.3) is 0 Å². The molecule has 0 unspecified atom stereocenters. The Bertz CT molecular complexity index is 1530. The van der Waals surface area contributed by atoms with Crippen molar-refractivity contribution in [2.24, 2.45) is 28.5 Å². The molecule has 2 aliphatic carbocycles. The van der Waals surface area contributed by atoms with E-state index in [9.17, 15) is 19.5 Å². The predicted octanol–water partition coefficient (Wildman–Crippen LogP) is 3.79. The zero-order valence-electron chi connectivity index (χ0n) is 29.9. The standard InChI is InChI=1S/C39H56N6O4/c1-6-34(40)41-16-10-17-42-36(48)32(19-25(2)3)44-35(47)23-43-37(49)39(28-11-8-7-9-12-28)22-29(39)24-45-18-15-38(5)26(4)33(45)20-27-13-14-30(46)21-31(27)38/h7-9,11-14,21,25-26,29,32-33,46H,6,10,15-20,22-24H2,1-5H3,(H2,40,41)(H,42,48)(H,43,49)(H,44,47)/t26-,29-,32+,33+,38+,39+/m0/s1. The van der Waals surface area contributed by atoms with E-state index in [1.54, 1.807) is 6.07 Å². The number of nitrogens with zero attached hydrogens (tertiary/aromatic N) is 2. The molecule has 2 fully saturated rings. The highest BCUT2D eigenvalue weighted by Crippen LogP contribution is 2.56. The minimum absolute atomic E-state index is 0.000364. The number of carbonyl (C=O) groups is 3. The van der Waals surface area contributed by atoms with Gasteiger partial charge in [-0.2, -0.15) is 0 Å². The number of amides is 3. The smallest absolute Gasteiger partial charge is 0.242 e. The number of phenols is 1. The second-order valence-corrected chi connectivity index (χ2v) is 15.1. The van der Waals surface area contributed by atoms with Crippen LogP contribution in [0.1, 0.15) is 83.4 Å². The lowest BCUT2D eigenvalue weighted by Gasteiger charge is -2.55. The number of hydrogen-bond acceptors (Lipinski definition) is 6. The Morgan fingerprint density at radius 3 is 2.59 bits per heavy atom. The second kappa shape index (κ2) is 15.3. The second-order valence-electron chi connectivity index (χ2n) is 15.1. The van der Waals surface area contributed by atoms with Crippen molar-refractivity contribution in [3.05, 3.63) is 65.2 Å². The summed E-state index contributed by atoms with van der Waals surface area (Å²) >= 11 is 0. The number of carbonyl (C=O) groups excluding carboxylic acids is 3. The molecule has 0 radical (unpaired) electrons. The van der Waals surface area contributed by atoms with Gasteiger partial charge in [0.05, 0.1) is 17.8 Å². The van der Waals surface area contributed by atoms with Crippen LogP contribution in [0.5, 0.6) is 5.75 Å². The lowest BCUT2D eigenvalue weighted by molar-refractivity contribution is -0.130. The van der Waals surface area contributed by atoms with Gasteiger partial charge in [0.15, 0.2) is 0 Å². The lowest BCUT2D eigenvalue weighted by Crippen LogP contribution is -2.58. The first kappa shape index (κ1) is 36.4. The van der Waals surface area contributed by atoms with Crippen LogP contribution in [0.2, 0.25) is 0 Å². The Kier molecular flexibility index (Phi) is 11.4. The molecule has 1 aliphatic heterocycles. The van der Waals surface area contributed by atoms with Gasteiger partial charge < -0.3 is 26.8 Å². The number of likely N-dealkylation sites (tertiary alicyclic amines) is 1. The molecule has 1 saturated carbocycles. The van der Waals surface area contributed by atoms with Crippen molar-refractivity contribution in [2.75, 3.05) is 32.7 Å². The molecule has 49 heavy (non-hydrogen) atoms. The zero-order valence-corrected chi connectivity index (χ0v) is 29.9. The fraction of sp³-hybridized carbons (Fsp3) is 0.590. The van der Waals surface area contributed by atoms with Crippen molar-refractivity contribution in [1.29, 1.82) is 0 Å². The van der Waals surface area contributed by atoms with Crippen molar-refractivity contribution in [3.8, 4) is 5.75 Å². The van der Waals surface area contributed by atoms with Gasteiger partial charge in [0.2, 0.25) is 17.7 Å². The number of aliphatic imine (C=N–C) groups is 1. The molecule has 2 aromatic carbocycles. The fourth-order valence-corrected chi connectivity index (χ4v) is 8.27. The van der Waals surface area contributed by atoms with E-state index in [2.05, 4.69) is 45.8 Å². The van der Waals surface area contributed by atoms with Crippen LogP contribution in [0.3, 0.4) is 0 Å². The van der Waals surface area contributed by atoms with E-state index in [1.165, 1.54) is 11.1 Å². The summed E-state index contributed by atoms with van der Waals surface area (Å²) in [4.78, 5) is 47.0. The van der Waals surface area contributed by atoms with Crippen LogP contribution in [0.4, 0.5) is 0 Å². The van der Waals surface area contributed by atoms with E-state index in [4.69, 9.17) is 5.73 Å². The number of amidine groups is 1. The maximum atomic E-state index is 14.0. The summed E-state index contributed by atoms with van der Waals surface area (Å²) in [5.41, 5.74) is 8.60. The van der Waals surface area contributed by atoms with Gasteiger partial charge in [-0.3, -0.25) is 24.3 Å². The summed E-state index contributed by atoms with van der Waals surface area (Å²) < 4.78 is 0. The van der Waals surface area contributed by atoms with Crippen LogP contribution >= 0.6 is 0 Å². The molecule has 266 valence electrons. The number of benzene rings is 2. The molecule has 2 bridgehead atoms. The van der Waals surface area contributed by atoms with Gasteiger partial charge in [0.1, 0.15) is 11.8 Å². The monoisotopic (exact) mass is 672 g/mol. The number of piperidine rings is 1. The maximum Gasteiger partial charge on any atom is 0.242 e. The van der Waals surface area contributed by atoms with Crippen LogP contribution in [-0.2, 0) is 31.6 Å². The molecule has 3 aliphatic rings. The minimum Gasteiger partial charge on any atom is -0.508 e. The molecule has 3 amide bonds. The molecule has 10 heteroatoms. The lowest BCUT2D eigenvalue weighted by atomic mass is 9.59.